The van der Waals surface area contributed by atoms with Gasteiger partial charge in [-0.1, -0.05) is 44.8 Å². The minimum Gasteiger partial charge on any atom is -0.391 e. The predicted molar refractivity (Wildman–Crippen MR) is 120 cm³/mol. The summed E-state index contributed by atoms with van der Waals surface area (Å²) in [5.74, 6) is 0.908. The number of terminal acetylenes is 1. The fraction of sp³-hybridized carbons (Fsp3) is 0.480. The summed E-state index contributed by atoms with van der Waals surface area (Å²) in [6.45, 7) is 7.73. The van der Waals surface area contributed by atoms with Gasteiger partial charge < -0.3 is 19.8 Å². The van der Waals surface area contributed by atoms with E-state index in [1.54, 1.807) is 12.1 Å². The maximum Gasteiger partial charge on any atom is 0.243 e. The number of rotatable bonds is 7. The van der Waals surface area contributed by atoms with Crippen LogP contribution < -0.4 is 5.32 Å². The van der Waals surface area contributed by atoms with Gasteiger partial charge in [-0.25, -0.2) is 4.39 Å². The molecule has 0 spiro atoms. The zero-order valence-corrected chi connectivity index (χ0v) is 19.3. The third-order valence-corrected chi connectivity index (χ3v) is 5.91. The number of nitrogens with zero attached hydrogens (tertiary/aromatic N) is 2. The van der Waals surface area contributed by atoms with Gasteiger partial charge in [0, 0.05) is 36.7 Å². The van der Waals surface area contributed by atoms with E-state index in [-0.39, 0.29) is 42.8 Å². The van der Waals surface area contributed by atoms with Crippen LogP contribution in [0, 0.1) is 24.1 Å². The molecule has 3 rings (SSSR count). The van der Waals surface area contributed by atoms with Crippen molar-refractivity contribution in [3.8, 4) is 12.3 Å². The maximum atomic E-state index is 14.2. The summed E-state index contributed by atoms with van der Waals surface area (Å²) in [7, 11) is 0. The van der Waals surface area contributed by atoms with E-state index < -0.39 is 29.8 Å². The second-order valence-electron chi connectivity index (χ2n) is 9.09. The Hall–Kier alpha value is -3.18. The normalized spacial score (nSPS) is 19.1. The first kappa shape index (κ1) is 24.5. The first-order chi connectivity index (χ1) is 15.6. The SMILES string of the molecule is C#Cc1ccc(CNC(=O)[C@@H]2C[C@@H](O)CN2C(=O)[C@H](c2cc(C(C)C)no2)C(C)C)c(F)c1. The largest absolute Gasteiger partial charge is 0.391 e. The standard InChI is InChI=1S/C25H30FN3O4/c1-6-16-7-8-17(19(26)9-16)12-27-24(31)21-10-18(30)13-29(21)25(32)23(15(4)5)22-11-20(14(2)3)28-33-22/h1,7-9,11,14-15,18,21,23,30H,10,12-13H2,2-5H3,(H,27,31)/t18-,21+,23+/m1/s1. The van der Waals surface area contributed by atoms with Crippen LogP contribution in [0.25, 0.3) is 0 Å². The summed E-state index contributed by atoms with van der Waals surface area (Å²) in [6, 6.07) is 5.25. The Bertz CT molecular complexity index is 1060. The van der Waals surface area contributed by atoms with Gasteiger partial charge in [0.05, 0.1) is 11.8 Å². The predicted octanol–water partition coefficient (Wildman–Crippen LogP) is 2.94. The molecule has 0 radical (unpaired) electrons. The van der Waals surface area contributed by atoms with Crippen LogP contribution in [-0.2, 0) is 16.1 Å². The molecule has 2 N–H and O–H groups in total. The van der Waals surface area contributed by atoms with E-state index in [4.69, 9.17) is 10.9 Å². The third kappa shape index (κ3) is 5.42. The van der Waals surface area contributed by atoms with Crippen molar-refractivity contribution in [2.45, 2.75) is 64.6 Å². The highest BCUT2D eigenvalue weighted by Crippen LogP contribution is 2.32. The quantitative estimate of drug-likeness (QED) is 0.626. The molecule has 1 aromatic carbocycles. The Balaban J connectivity index is 1.76. The smallest absolute Gasteiger partial charge is 0.243 e. The molecule has 0 bridgehead atoms. The molecule has 0 saturated carbocycles. The minimum absolute atomic E-state index is 0.0382. The Morgan fingerprint density at radius 1 is 1.33 bits per heavy atom. The summed E-state index contributed by atoms with van der Waals surface area (Å²) in [6.07, 6.45) is 4.55. The number of benzene rings is 1. The van der Waals surface area contributed by atoms with Crippen LogP contribution in [0.5, 0.6) is 0 Å². The van der Waals surface area contributed by atoms with Crippen molar-refractivity contribution in [2.24, 2.45) is 5.92 Å². The Morgan fingerprint density at radius 2 is 2.06 bits per heavy atom. The van der Waals surface area contributed by atoms with Gasteiger partial charge in [-0.2, -0.15) is 0 Å². The number of carbonyl (C=O) groups is 2. The summed E-state index contributed by atoms with van der Waals surface area (Å²) >= 11 is 0. The Kier molecular flexibility index (Phi) is 7.54. The number of hydrogen-bond acceptors (Lipinski definition) is 5. The van der Waals surface area contributed by atoms with E-state index >= 15 is 0 Å². The average Bonchev–Trinajstić information content (AvgIpc) is 3.39. The number of halogens is 1. The molecule has 2 aromatic rings. The number of amides is 2. The van der Waals surface area contributed by atoms with E-state index in [1.807, 2.05) is 27.7 Å². The third-order valence-electron chi connectivity index (χ3n) is 5.91. The molecule has 2 heterocycles. The van der Waals surface area contributed by atoms with Crippen LogP contribution in [0.3, 0.4) is 0 Å². The second kappa shape index (κ2) is 10.2. The molecule has 2 amide bonds. The Morgan fingerprint density at radius 3 is 2.64 bits per heavy atom. The van der Waals surface area contributed by atoms with E-state index in [0.717, 1.165) is 5.69 Å². The highest BCUT2D eigenvalue weighted by molar-refractivity contribution is 5.91. The number of β-amino-alcohol motifs (C(OH)–C–C–N with tert-alkyl or cyclic N) is 1. The maximum absolute atomic E-state index is 14.2. The molecule has 1 saturated heterocycles. The minimum atomic E-state index is -0.866. The number of aliphatic hydroxyl groups excluding tert-OH is 1. The molecule has 1 fully saturated rings. The van der Waals surface area contributed by atoms with Crippen molar-refractivity contribution >= 4 is 11.8 Å². The van der Waals surface area contributed by atoms with E-state index in [9.17, 15) is 19.1 Å². The number of nitrogens with one attached hydrogen (secondary N) is 1. The lowest BCUT2D eigenvalue weighted by molar-refractivity contribution is -0.141. The molecule has 176 valence electrons. The molecule has 33 heavy (non-hydrogen) atoms. The van der Waals surface area contributed by atoms with Gasteiger partial charge in [-0.05, 0) is 24.0 Å². The highest BCUT2D eigenvalue weighted by Gasteiger charge is 2.43. The molecule has 8 heteroatoms. The van der Waals surface area contributed by atoms with Gasteiger partial charge in [0.1, 0.15) is 23.5 Å². The lowest BCUT2D eigenvalue weighted by Crippen LogP contribution is -2.48. The number of carbonyl (C=O) groups excluding carboxylic acids is 2. The second-order valence-corrected chi connectivity index (χ2v) is 9.09. The number of aromatic nitrogens is 1. The fourth-order valence-corrected chi connectivity index (χ4v) is 4.02. The molecule has 7 nitrogen and oxygen atoms in total. The van der Waals surface area contributed by atoms with E-state index in [2.05, 4.69) is 16.4 Å². The van der Waals surface area contributed by atoms with Crippen LogP contribution in [0.15, 0.2) is 28.8 Å². The molecule has 1 aromatic heterocycles. The van der Waals surface area contributed by atoms with Crippen molar-refractivity contribution in [3.05, 3.63) is 52.7 Å². The zero-order chi connectivity index (χ0) is 24.3. The molecule has 1 aliphatic rings. The van der Waals surface area contributed by atoms with Crippen LogP contribution in [0.4, 0.5) is 4.39 Å². The number of hydrogen-bond donors (Lipinski definition) is 2. The Labute approximate surface area is 193 Å². The lowest BCUT2D eigenvalue weighted by atomic mass is 9.90. The van der Waals surface area contributed by atoms with Crippen LogP contribution >= 0.6 is 0 Å². The summed E-state index contributed by atoms with van der Waals surface area (Å²) in [5, 5.41) is 17.0. The summed E-state index contributed by atoms with van der Waals surface area (Å²) in [4.78, 5) is 27.8. The number of likely N-dealkylation sites (tertiary alicyclic amines) is 1. The molecule has 0 unspecified atom stereocenters. The van der Waals surface area contributed by atoms with E-state index in [0.29, 0.717) is 11.3 Å². The van der Waals surface area contributed by atoms with Crippen molar-refractivity contribution in [2.75, 3.05) is 6.54 Å². The lowest BCUT2D eigenvalue weighted by Gasteiger charge is -2.28. The van der Waals surface area contributed by atoms with Gasteiger partial charge in [0.25, 0.3) is 0 Å². The molecule has 3 atom stereocenters. The van der Waals surface area contributed by atoms with E-state index in [1.165, 1.54) is 17.0 Å². The zero-order valence-electron chi connectivity index (χ0n) is 19.3. The van der Waals surface area contributed by atoms with Crippen molar-refractivity contribution in [1.82, 2.24) is 15.4 Å². The van der Waals surface area contributed by atoms with Crippen molar-refractivity contribution in [3.63, 3.8) is 0 Å². The van der Waals surface area contributed by atoms with Crippen molar-refractivity contribution < 1.29 is 23.6 Å². The van der Waals surface area contributed by atoms with Gasteiger partial charge in [-0.15, -0.1) is 6.42 Å². The first-order valence-electron chi connectivity index (χ1n) is 11.1. The summed E-state index contributed by atoms with van der Waals surface area (Å²) in [5.41, 5.74) is 1.44. The first-order valence-corrected chi connectivity index (χ1v) is 11.1. The van der Waals surface area contributed by atoms with Crippen LogP contribution in [0.2, 0.25) is 0 Å². The summed E-state index contributed by atoms with van der Waals surface area (Å²) < 4.78 is 19.7. The fourth-order valence-electron chi connectivity index (χ4n) is 4.02. The molecule has 0 aliphatic carbocycles. The van der Waals surface area contributed by atoms with Crippen LogP contribution in [0.1, 0.15) is 68.5 Å². The van der Waals surface area contributed by atoms with Gasteiger partial charge >= 0.3 is 0 Å². The number of aliphatic hydroxyl groups is 1. The highest BCUT2D eigenvalue weighted by atomic mass is 19.1. The molecule has 1 aliphatic heterocycles. The van der Waals surface area contributed by atoms with Gasteiger partial charge in [0.15, 0.2) is 0 Å². The molecular weight excluding hydrogens is 425 g/mol. The van der Waals surface area contributed by atoms with Crippen molar-refractivity contribution in [1.29, 1.82) is 0 Å². The monoisotopic (exact) mass is 455 g/mol. The van der Waals surface area contributed by atoms with Crippen LogP contribution in [-0.4, -0.2) is 45.7 Å². The molecular formula is C25H30FN3O4. The van der Waals surface area contributed by atoms with Gasteiger partial charge in [-0.3, -0.25) is 9.59 Å². The average molecular weight is 456 g/mol. The topological polar surface area (TPSA) is 95.7 Å². The van der Waals surface area contributed by atoms with Gasteiger partial charge in [0.2, 0.25) is 11.8 Å².